The Kier molecular flexibility index (Phi) is 1.83. The molecule has 0 amide bonds. The second-order valence-electron chi connectivity index (χ2n) is 2.68. The quantitative estimate of drug-likeness (QED) is 0.665. The highest BCUT2D eigenvalue weighted by Gasteiger charge is 2.14. The highest BCUT2D eigenvalue weighted by Crippen LogP contribution is 2.25. The van der Waals surface area contributed by atoms with Gasteiger partial charge in [0.1, 0.15) is 5.15 Å². The summed E-state index contributed by atoms with van der Waals surface area (Å²) in [5.41, 5.74) is 7.54. The molecule has 0 bridgehead atoms. The lowest BCUT2D eigenvalue weighted by Crippen LogP contribution is -2.12. The fourth-order valence-corrected chi connectivity index (χ4v) is 1.36. The van der Waals surface area contributed by atoms with Gasteiger partial charge in [0.25, 0.3) is 0 Å². The SMILES string of the molecule is NCC1=Nc2nc(Cl)ccc2C1. The first-order valence-corrected chi connectivity index (χ1v) is 4.09. The first kappa shape index (κ1) is 7.71. The number of hydrogen-bond donors (Lipinski definition) is 1. The number of pyridine rings is 1. The van der Waals surface area contributed by atoms with Crippen molar-refractivity contribution >= 4 is 23.1 Å². The molecule has 1 aliphatic heterocycles. The normalized spacial score (nSPS) is 14.3. The summed E-state index contributed by atoms with van der Waals surface area (Å²) < 4.78 is 0. The topological polar surface area (TPSA) is 51.3 Å². The van der Waals surface area contributed by atoms with Crippen LogP contribution in [0.25, 0.3) is 0 Å². The minimum Gasteiger partial charge on any atom is -0.325 e. The van der Waals surface area contributed by atoms with E-state index in [0.717, 1.165) is 23.5 Å². The third kappa shape index (κ3) is 1.21. The maximum atomic E-state index is 5.70. The molecule has 0 saturated heterocycles. The van der Waals surface area contributed by atoms with Gasteiger partial charge in [0, 0.05) is 24.2 Å². The van der Waals surface area contributed by atoms with E-state index in [1.807, 2.05) is 6.07 Å². The number of aliphatic imine (C=N–C) groups is 1. The van der Waals surface area contributed by atoms with Crippen LogP contribution in [0.1, 0.15) is 5.56 Å². The van der Waals surface area contributed by atoms with Crippen molar-refractivity contribution in [2.75, 3.05) is 6.54 Å². The minimum absolute atomic E-state index is 0.482. The van der Waals surface area contributed by atoms with E-state index in [-0.39, 0.29) is 0 Å². The Balaban J connectivity index is 2.42. The van der Waals surface area contributed by atoms with Crippen LogP contribution in [0.15, 0.2) is 17.1 Å². The molecular formula is C8H8ClN3. The monoisotopic (exact) mass is 181 g/mol. The van der Waals surface area contributed by atoms with Gasteiger partial charge in [-0.15, -0.1) is 0 Å². The molecule has 0 spiro atoms. The summed E-state index contributed by atoms with van der Waals surface area (Å²) in [5, 5.41) is 0.482. The molecule has 0 unspecified atom stereocenters. The average Bonchev–Trinajstić information content (AvgIpc) is 2.46. The van der Waals surface area contributed by atoms with E-state index < -0.39 is 0 Å². The number of aromatic nitrogens is 1. The lowest BCUT2D eigenvalue weighted by atomic mass is 10.2. The minimum atomic E-state index is 0.482. The molecule has 12 heavy (non-hydrogen) atoms. The molecular weight excluding hydrogens is 174 g/mol. The molecule has 1 aliphatic rings. The van der Waals surface area contributed by atoms with Crippen LogP contribution in [-0.4, -0.2) is 17.2 Å². The molecule has 0 radical (unpaired) electrons. The molecule has 2 rings (SSSR count). The van der Waals surface area contributed by atoms with Gasteiger partial charge in [0.2, 0.25) is 0 Å². The van der Waals surface area contributed by atoms with E-state index in [4.69, 9.17) is 17.3 Å². The van der Waals surface area contributed by atoms with E-state index in [9.17, 15) is 0 Å². The summed E-state index contributed by atoms with van der Waals surface area (Å²) in [6, 6.07) is 3.71. The zero-order chi connectivity index (χ0) is 8.55. The van der Waals surface area contributed by atoms with Crippen LogP contribution in [0.3, 0.4) is 0 Å². The Hall–Kier alpha value is -0.930. The van der Waals surface area contributed by atoms with Crippen molar-refractivity contribution in [3.63, 3.8) is 0 Å². The molecule has 0 fully saturated rings. The van der Waals surface area contributed by atoms with Gasteiger partial charge in [-0.1, -0.05) is 17.7 Å². The highest BCUT2D eigenvalue weighted by atomic mass is 35.5. The van der Waals surface area contributed by atoms with Crippen LogP contribution >= 0.6 is 11.6 Å². The Bertz CT molecular complexity index is 346. The molecule has 1 aromatic heterocycles. The van der Waals surface area contributed by atoms with Crippen LogP contribution in [0.5, 0.6) is 0 Å². The fourth-order valence-electron chi connectivity index (χ4n) is 1.22. The maximum absolute atomic E-state index is 5.70. The van der Waals surface area contributed by atoms with Crippen molar-refractivity contribution in [2.45, 2.75) is 6.42 Å². The van der Waals surface area contributed by atoms with E-state index in [1.54, 1.807) is 6.07 Å². The molecule has 3 nitrogen and oxygen atoms in total. The smallest absolute Gasteiger partial charge is 0.157 e. The van der Waals surface area contributed by atoms with Crippen molar-refractivity contribution in [1.29, 1.82) is 0 Å². The Labute approximate surface area is 75.3 Å². The first-order valence-electron chi connectivity index (χ1n) is 3.71. The predicted molar refractivity (Wildman–Crippen MR) is 49.1 cm³/mol. The van der Waals surface area contributed by atoms with Crippen LogP contribution < -0.4 is 5.73 Å². The van der Waals surface area contributed by atoms with Crippen molar-refractivity contribution < 1.29 is 0 Å². The van der Waals surface area contributed by atoms with E-state index in [2.05, 4.69) is 9.98 Å². The van der Waals surface area contributed by atoms with Crippen LogP contribution in [0.4, 0.5) is 5.82 Å². The number of halogens is 1. The molecule has 0 saturated carbocycles. The van der Waals surface area contributed by atoms with Crippen molar-refractivity contribution in [2.24, 2.45) is 10.7 Å². The summed E-state index contributed by atoms with van der Waals surface area (Å²) in [4.78, 5) is 8.30. The van der Waals surface area contributed by atoms with Gasteiger partial charge >= 0.3 is 0 Å². The molecule has 2 heterocycles. The molecule has 1 aromatic rings. The van der Waals surface area contributed by atoms with Crippen molar-refractivity contribution in [3.8, 4) is 0 Å². The lowest BCUT2D eigenvalue weighted by molar-refractivity contribution is 1.24. The van der Waals surface area contributed by atoms with Gasteiger partial charge < -0.3 is 5.73 Å². The third-order valence-corrected chi connectivity index (χ3v) is 2.03. The Morgan fingerprint density at radius 3 is 3.08 bits per heavy atom. The second kappa shape index (κ2) is 2.84. The lowest BCUT2D eigenvalue weighted by Gasteiger charge is -1.94. The van der Waals surface area contributed by atoms with Gasteiger partial charge in [0.15, 0.2) is 5.82 Å². The number of nitrogens with two attached hydrogens (primary N) is 1. The predicted octanol–water partition coefficient (Wildman–Crippen LogP) is 1.32. The second-order valence-corrected chi connectivity index (χ2v) is 3.06. The average molecular weight is 182 g/mol. The van der Waals surface area contributed by atoms with Crippen molar-refractivity contribution in [3.05, 3.63) is 22.8 Å². The molecule has 0 atom stereocenters. The molecule has 2 N–H and O–H groups in total. The largest absolute Gasteiger partial charge is 0.325 e. The summed E-state index contributed by atoms with van der Waals surface area (Å²) in [7, 11) is 0. The number of fused-ring (bicyclic) bond motifs is 1. The van der Waals surface area contributed by atoms with Crippen LogP contribution in [0.2, 0.25) is 5.15 Å². The van der Waals surface area contributed by atoms with E-state index in [0.29, 0.717) is 11.7 Å². The Morgan fingerprint density at radius 2 is 2.33 bits per heavy atom. The van der Waals surface area contributed by atoms with Gasteiger partial charge in [-0.25, -0.2) is 9.98 Å². The first-order chi connectivity index (χ1) is 5.79. The highest BCUT2D eigenvalue weighted by molar-refractivity contribution is 6.29. The standard InChI is InChI=1S/C8H8ClN3/c9-7-2-1-5-3-6(4-10)11-8(5)12-7/h1-2H,3-4,10H2. The van der Waals surface area contributed by atoms with Crippen molar-refractivity contribution in [1.82, 2.24) is 4.98 Å². The summed E-state index contributed by atoms with van der Waals surface area (Å²) in [5.74, 6) is 0.725. The van der Waals surface area contributed by atoms with E-state index in [1.165, 1.54) is 0 Å². The van der Waals surface area contributed by atoms with E-state index >= 15 is 0 Å². The summed E-state index contributed by atoms with van der Waals surface area (Å²) >= 11 is 5.70. The molecule has 0 aliphatic carbocycles. The third-order valence-electron chi connectivity index (χ3n) is 1.82. The zero-order valence-corrected chi connectivity index (χ0v) is 7.17. The van der Waals surface area contributed by atoms with Crippen LogP contribution in [0, 0.1) is 0 Å². The molecule has 62 valence electrons. The fraction of sp³-hybridized carbons (Fsp3) is 0.250. The molecule has 4 heteroatoms. The summed E-state index contributed by atoms with van der Waals surface area (Å²) in [6.07, 6.45) is 0.815. The van der Waals surface area contributed by atoms with Gasteiger partial charge in [0.05, 0.1) is 0 Å². The van der Waals surface area contributed by atoms with Crippen LogP contribution in [-0.2, 0) is 6.42 Å². The summed E-state index contributed by atoms with van der Waals surface area (Å²) in [6.45, 7) is 0.494. The van der Waals surface area contributed by atoms with Gasteiger partial charge in [-0.2, -0.15) is 0 Å². The maximum Gasteiger partial charge on any atom is 0.157 e. The number of nitrogens with zero attached hydrogens (tertiary/aromatic N) is 2. The molecule has 0 aromatic carbocycles. The number of rotatable bonds is 1. The van der Waals surface area contributed by atoms with Gasteiger partial charge in [-0.05, 0) is 6.07 Å². The zero-order valence-electron chi connectivity index (χ0n) is 6.42. The Morgan fingerprint density at radius 1 is 1.50 bits per heavy atom. The number of hydrogen-bond acceptors (Lipinski definition) is 3. The van der Waals surface area contributed by atoms with Gasteiger partial charge in [-0.3, -0.25) is 0 Å².